The number of nitrogens with one attached hydrogen (secondary N) is 1. The Kier molecular flexibility index (Phi) is 6.24. The molecule has 3 aromatic rings. The zero-order chi connectivity index (χ0) is 19.2. The van der Waals surface area contributed by atoms with Crippen molar-refractivity contribution in [2.75, 3.05) is 29.9 Å². The van der Waals surface area contributed by atoms with Crippen molar-refractivity contribution in [3.05, 3.63) is 65.5 Å². The number of nitrogens with zero attached hydrogens (tertiary/aromatic N) is 2. The number of pyridine rings is 1. The van der Waals surface area contributed by atoms with Crippen molar-refractivity contribution in [2.24, 2.45) is 5.73 Å². The van der Waals surface area contributed by atoms with E-state index in [4.69, 9.17) is 10.7 Å². The highest BCUT2D eigenvalue weighted by Gasteiger charge is 2.13. The average molecular weight is 366 g/mol. The highest BCUT2D eigenvalue weighted by molar-refractivity contribution is 5.93. The number of anilines is 2. The van der Waals surface area contributed by atoms with Crippen molar-refractivity contribution in [3.8, 4) is 0 Å². The minimum Gasteiger partial charge on any atom is -0.383 e. The van der Waals surface area contributed by atoms with E-state index in [9.17, 15) is 4.39 Å². The molecule has 0 aliphatic carbocycles. The Balaban J connectivity index is 2.01. The summed E-state index contributed by atoms with van der Waals surface area (Å²) in [6.07, 6.45) is 1.00. The van der Waals surface area contributed by atoms with E-state index in [0.29, 0.717) is 13.1 Å². The van der Waals surface area contributed by atoms with E-state index >= 15 is 0 Å². The predicted molar refractivity (Wildman–Crippen MR) is 112 cm³/mol. The summed E-state index contributed by atoms with van der Waals surface area (Å²) in [6, 6.07) is 15.2. The topological polar surface area (TPSA) is 54.2 Å². The van der Waals surface area contributed by atoms with Crippen LogP contribution >= 0.6 is 0 Å². The van der Waals surface area contributed by atoms with Crippen molar-refractivity contribution >= 4 is 22.4 Å². The van der Waals surface area contributed by atoms with Crippen LogP contribution in [0.5, 0.6) is 0 Å². The number of halogens is 1. The quantitative estimate of drug-likeness (QED) is 0.623. The number of hydrogen-bond acceptors (Lipinski definition) is 4. The summed E-state index contributed by atoms with van der Waals surface area (Å²) in [5, 5.41) is 4.09. The minimum atomic E-state index is -0.267. The van der Waals surface area contributed by atoms with E-state index in [0.717, 1.165) is 41.9 Å². The summed E-state index contributed by atoms with van der Waals surface area (Å²) < 4.78 is 13.7. The molecule has 0 radical (unpaired) electrons. The lowest BCUT2D eigenvalue weighted by Gasteiger charge is -2.25. The maximum Gasteiger partial charge on any atom is 0.131 e. The first-order valence-corrected chi connectivity index (χ1v) is 9.52. The van der Waals surface area contributed by atoms with Crippen molar-refractivity contribution in [1.29, 1.82) is 0 Å². The summed E-state index contributed by atoms with van der Waals surface area (Å²) in [4.78, 5) is 7.04. The van der Waals surface area contributed by atoms with Gasteiger partial charge in [0, 0.05) is 43.3 Å². The van der Waals surface area contributed by atoms with Crippen LogP contribution in [-0.2, 0) is 13.0 Å². The molecule has 0 unspecified atom stereocenters. The Morgan fingerprint density at radius 2 is 1.85 bits per heavy atom. The number of rotatable bonds is 8. The minimum absolute atomic E-state index is 0.267. The molecule has 0 aliphatic rings. The summed E-state index contributed by atoms with van der Waals surface area (Å²) >= 11 is 0. The standard InChI is InChI=1S/C22H27FN4/c1-3-16-7-5-6-8-17(16)15-27(4-2)22-14-21(25-12-11-24)19-13-18(23)9-10-20(19)26-22/h5-10,13-14H,3-4,11-12,15,24H2,1-2H3,(H,25,26). The van der Waals surface area contributed by atoms with E-state index in [2.05, 4.69) is 48.3 Å². The third-order valence-corrected chi connectivity index (χ3v) is 4.78. The van der Waals surface area contributed by atoms with Gasteiger partial charge in [0.05, 0.1) is 5.52 Å². The molecule has 1 heterocycles. The summed E-state index contributed by atoms with van der Waals surface area (Å²) in [5.41, 5.74) is 9.94. The van der Waals surface area contributed by atoms with Crippen LogP contribution in [0.1, 0.15) is 25.0 Å². The largest absolute Gasteiger partial charge is 0.383 e. The fourth-order valence-corrected chi connectivity index (χ4v) is 3.32. The Bertz CT molecular complexity index is 910. The summed E-state index contributed by atoms with van der Waals surface area (Å²) in [7, 11) is 0. The maximum absolute atomic E-state index is 13.7. The lowest BCUT2D eigenvalue weighted by molar-refractivity contribution is 0.629. The molecule has 0 fully saturated rings. The van der Waals surface area contributed by atoms with Gasteiger partial charge in [-0.3, -0.25) is 0 Å². The first-order valence-electron chi connectivity index (χ1n) is 9.52. The van der Waals surface area contributed by atoms with Gasteiger partial charge in [-0.25, -0.2) is 9.37 Å². The smallest absolute Gasteiger partial charge is 0.131 e. The SMILES string of the molecule is CCc1ccccc1CN(CC)c1cc(NCCN)c2cc(F)ccc2n1. The molecule has 0 spiro atoms. The molecule has 3 N–H and O–H groups in total. The van der Waals surface area contributed by atoms with E-state index < -0.39 is 0 Å². The summed E-state index contributed by atoms with van der Waals surface area (Å²) in [6.45, 7) is 7.05. The fraction of sp³-hybridized carbons (Fsp3) is 0.318. The van der Waals surface area contributed by atoms with Crippen molar-refractivity contribution in [2.45, 2.75) is 26.8 Å². The van der Waals surface area contributed by atoms with Crippen LogP contribution < -0.4 is 16.0 Å². The molecule has 3 rings (SSSR count). The predicted octanol–water partition coefficient (Wildman–Crippen LogP) is 4.33. The number of hydrogen-bond donors (Lipinski definition) is 2. The van der Waals surface area contributed by atoms with Crippen LogP contribution in [-0.4, -0.2) is 24.6 Å². The van der Waals surface area contributed by atoms with Gasteiger partial charge in [-0.2, -0.15) is 0 Å². The Labute approximate surface area is 160 Å². The Morgan fingerprint density at radius 3 is 2.56 bits per heavy atom. The number of nitrogens with two attached hydrogens (primary N) is 1. The second-order valence-electron chi connectivity index (χ2n) is 6.54. The van der Waals surface area contributed by atoms with Crippen LogP contribution in [0.15, 0.2) is 48.5 Å². The van der Waals surface area contributed by atoms with Gasteiger partial charge in [0.2, 0.25) is 0 Å². The van der Waals surface area contributed by atoms with Crippen LogP contribution in [0.4, 0.5) is 15.9 Å². The molecule has 0 aliphatic heterocycles. The maximum atomic E-state index is 13.7. The molecular weight excluding hydrogens is 339 g/mol. The van der Waals surface area contributed by atoms with E-state index in [-0.39, 0.29) is 5.82 Å². The molecule has 0 atom stereocenters. The number of aromatic nitrogens is 1. The molecule has 0 saturated carbocycles. The van der Waals surface area contributed by atoms with Crippen molar-refractivity contribution in [1.82, 2.24) is 4.98 Å². The number of fused-ring (bicyclic) bond motifs is 1. The van der Waals surface area contributed by atoms with Gasteiger partial charge in [-0.15, -0.1) is 0 Å². The lowest BCUT2D eigenvalue weighted by atomic mass is 10.0. The number of benzene rings is 2. The second kappa shape index (κ2) is 8.82. The first-order chi connectivity index (χ1) is 13.2. The van der Waals surface area contributed by atoms with Gasteiger partial charge in [-0.05, 0) is 42.7 Å². The first kappa shape index (κ1) is 19.1. The van der Waals surface area contributed by atoms with Gasteiger partial charge in [-0.1, -0.05) is 31.2 Å². The van der Waals surface area contributed by atoms with Crippen LogP contribution in [0.3, 0.4) is 0 Å². The van der Waals surface area contributed by atoms with Crippen LogP contribution in [0.25, 0.3) is 10.9 Å². The highest BCUT2D eigenvalue weighted by Crippen LogP contribution is 2.29. The van der Waals surface area contributed by atoms with Crippen molar-refractivity contribution < 1.29 is 4.39 Å². The summed E-state index contributed by atoms with van der Waals surface area (Å²) in [5.74, 6) is 0.610. The van der Waals surface area contributed by atoms with Crippen molar-refractivity contribution in [3.63, 3.8) is 0 Å². The second-order valence-corrected chi connectivity index (χ2v) is 6.54. The zero-order valence-corrected chi connectivity index (χ0v) is 16.0. The zero-order valence-electron chi connectivity index (χ0n) is 16.0. The third kappa shape index (κ3) is 4.37. The van der Waals surface area contributed by atoms with Crippen LogP contribution in [0.2, 0.25) is 0 Å². The van der Waals surface area contributed by atoms with Gasteiger partial charge in [0.25, 0.3) is 0 Å². The van der Waals surface area contributed by atoms with Gasteiger partial charge < -0.3 is 16.0 Å². The molecule has 4 nitrogen and oxygen atoms in total. The van der Waals surface area contributed by atoms with Gasteiger partial charge in [0.1, 0.15) is 11.6 Å². The van der Waals surface area contributed by atoms with E-state index in [1.54, 1.807) is 6.07 Å². The Hall–Kier alpha value is -2.66. The molecule has 142 valence electrons. The van der Waals surface area contributed by atoms with E-state index in [1.807, 2.05) is 6.07 Å². The van der Waals surface area contributed by atoms with Gasteiger partial charge in [0.15, 0.2) is 0 Å². The molecule has 1 aromatic heterocycles. The average Bonchev–Trinajstić information content (AvgIpc) is 2.70. The Morgan fingerprint density at radius 1 is 1.07 bits per heavy atom. The van der Waals surface area contributed by atoms with Crippen LogP contribution in [0, 0.1) is 5.82 Å². The van der Waals surface area contributed by atoms with Gasteiger partial charge >= 0.3 is 0 Å². The molecule has 0 saturated heterocycles. The number of aryl methyl sites for hydroxylation is 1. The van der Waals surface area contributed by atoms with E-state index in [1.165, 1.54) is 23.3 Å². The molecule has 5 heteroatoms. The fourth-order valence-electron chi connectivity index (χ4n) is 3.32. The highest BCUT2D eigenvalue weighted by atomic mass is 19.1. The molecule has 0 amide bonds. The monoisotopic (exact) mass is 366 g/mol. The molecule has 2 aromatic carbocycles. The molecular formula is C22H27FN4. The normalized spacial score (nSPS) is 11.0. The molecule has 27 heavy (non-hydrogen) atoms. The lowest BCUT2D eigenvalue weighted by Crippen LogP contribution is -2.24. The molecule has 0 bridgehead atoms. The third-order valence-electron chi connectivity index (χ3n) is 4.78.